The van der Waals surface area contributed by atoms with Crippen molar-refractivity contribution in [2.75, 3.05) is 11.9 Å². The highest BCUT2D eigenvalue weighted by molar-refractivity contribution is 5.95. The summed E-state index contributed by atoms with van der Waals surface area (Å²) in [5.74, 6) is -0.166. The van der Waals surface area contributed by atoms with Gasteiger partial charge >= 0.3 is 0 Å². The second-order valence-corrected chi connectivity index (χ2v) is 6.94. The standard InChI is InChI=1S/C23H22FN3O/c24-15-16-6-8-18(9-7-16)22(20-5-1-2-12-25-20)27-23(28)19-11-10-17-4-3-13-26-21(17)14-19/h1-2,5-12,14,22,26H,3-4,13,15H2,(H,27,28)/t22-/m0/s1. The molecule has 2 N–H and O–H groups in total. The van der Waals surface area contributed by atoms with Crippen molar-refractivity contribution in [2.24, 2.45) is 0 Å². The molecule has 2 aromatic carbocycles. The Balaban J connectivity index is 1.62. The van der Waals surface area contributed by atoms with E-state index < -0.39 is 12.7 Å². The monoisotopic (exact) mass is 375 g/mol. The molecule has 142 valence electrons. The van der Waals surface area contributed by atoms with Crippen molar-refractivity contribution >= 4 is 11.6 Å². The number of aryl methyl sites for hydroxylation is 1. The number of aromatic nitrogens is 1. The highest BCUT2D eigenvalue weighted by Crippen LogP contribution is 2.25. The summed E-state index contributed by atoms with van der Waals surface area (Å²) in [5.41, 5.74) is 5.08. The lowest BCUT2D eigenvalue weighted by Crippen LogP contribution is -2.30. The highest BCUT2D eigenvalue weighted by atomic mass is 19.1. The number of rotatable bonds is 5. The Morgan fingerprint density at radius 2 is 2.00 bits per heavy atom. The number of nitrogens with one attached hydrogen (secondary N) is 2. The molecule has 1 aromatic heterocycles. The van der Waals surface area contributed by atoms with Gasteiger partial charge in [0.15, 0.2) is 0 Å². The smallest absolute Gasteiger partial charge is 0.252 e. The molecule has 0 spiro atoms. The van der Waals surface area contributed by atoms with E-state index >= 15 is 0 Å². The molecule has 1 aliphatic rings. The molecule has 1 amide bonds. The Morgan fingerprint density at radius 3 is 2.75 bits per heavy atom. The van der Waals surface area contributed by atoms with E-state index in [1.807, 2.05) is 48.5 Å². The summed E-state index contributed by atoms with van der Waals surface area (Å²) in [6, 6.07) is 18.1. The maximum absolute atomic E-state index is 13.0. The van der Waals surface area contributed by atoms with Crippen molar-refractivity contribution in [3.05, 3.63) is 94.8 Å². The van der Waals surface area contributed by atoms with Crippen molar-refractivity contribution in [3.63, 3.8) is 0 Å². The quantitative estimate of drug-likeness (QED) is 0.694. The number of hydrogen-bond acceptors (Lipinski definition) is 3. The summed E-state index contributed by atoms with van der Waals surface area (Å²) in [6.45, 7) is 0.415. The maximum Gasteiger partial charge on any atom is 0.252 e. The van der Waals surface area contributed by atoms with Crippen LogP contribution in [0.1, 0.15) is 45.2 Å². The number of amides is 1. The molecule has 0 aliphatic carbocycles. The first-order valence-electron chi connectivity index (χ1n) is 9.48. The number of carbonyl (C=O) groups is 1. The van der Waals surface area contributed by atoms with Gasteiger partial charge in [-0.1, -0.05) is 36.4 Å². The fraction of sp³-hybridized carbons (Fsp3) is 0.217. The van der Waals surface area contributed by atoms with Gasteiger partial charge in [-0.3, -0.25) is 9.78 Å². The number of benzene rings is 2. The van der Waals surface area contributed by atoms with Gasteiger partial charge in [-0.15, -0.1) is 0 Å². The minimum atomic E-state index is -0.511. The van der Waals surface area contributed by atoms with E-state index in [9.17, 15) is 9.18 Å². The number of carbonyl (C=O) groups excluding carboxylic acids is 1. The van der Waals surface area contributed by atoms with Gasteiger partial charge < -0.3 is 10.6 Å². The van der Waals surface area contributed by atoms with E-state index in [4.69, 9.17) is 0 Å². The third-order valence-electron chi connectivity index (χ3n) is 5.04. The van der Waals surface area contributed by atoms with Crippen LogP contribution in [0.15, 0.2) is 66.9 Å². The van der Waals surface area contributed by atoms with Gasteiger partial charge in [-0.05, 0) is 53.8 Å². The van der Waals surface area contributed by atoms with Gasteiger partial charge in [0, 0.05) is 24.0 Å². The summed E-state index contributed by atoms with van der Waals surface area (Å²) in [7, 11) is 0. The summed E-state index contributed by atoms with van der Waals surface area (Å²) >= 11 is 0. The van der Waals surface area contributed by atoms with Crippen molar-refractivity contribution < 1.29 is 9.18 Å². The Kier molecular flexibility index (Phi) is 5.33. The molecule has 0 unspecified atom stereocenters. The van der Waals surface area contributed by atoms with E-state index in [1.165, 1.54) is 5.56 Å². The summed E-state index contributed by atoms with van der Waals surface area (Å²) in [4.78, 5) is 17.4. The molecule has 28 heavy (non-hydrogen) atoms. The Labute approximate surface area is 163 Å². The van der Waals surface area contributed by atoms with Gasteiger partial charge in [0.2, 0.25) is 0 Å². The Bertz CT molecular complexity index is 957. The van der Waals surface area contributed by atoms with Crippen LogP contribution < -0.4 is 10.6 Å². The fourth-order valence-electron chi connectivity index (χ4n) is 3.49. The number of halogens is 1. The molecule has 0 fully saturated rings. The highest BCUT2D eigenvalue weighted by Gasteiger charge is 2.20. The van der Waals surface area contributed by atoms with E-state index in [-0.39, 0.29) is 5.91 Å². The molecule has 0 radical (unpaired) electrons. The van der Waals surface area contributed by atoms with Crippen molar-refractivity contribution in [1.29, 1.82) is 0 Å². The first kappa shape index (κ1) is 18.2. The average Bonchev–Trinajstić information content (AvgIpc) is 2.77. The number of hydrogen-bond donors (Lipinski definition) is 2. The minimum Gasteiger partial charge on any atom is -0.385 e. The zero-order valence-electron chi connectivity index (χ0n) is 15.5. The van der Waals surface area contributed by atoms with Crippen LogP contribution in [0.2, 0.25) is 0 Å². The van der Waals surface area contributed by atoms with Gasteiger partial charge in [0.25, 0.3) is 5.91 Å². The fourth-order valence-corrected chi connectivity index (χ4v) is 3.49. The minimum absolute atomic E-state index is 0.166. The zero-order chi connectivity index (χ0) is 19.3. The van der Waals surface area contributed by atoms with E-state index in [0.717, 1.165) is 36.3 Å². The van der Waals surface area contributed by atoms with Crippen LogP contribution in [0.5, 0.6) is 0 Å². The number of pyridine rings is 1. The molecule has 4 rings (SSSR count). The average molecular weight is 375 g/mol. The van der Waals surface area contributed by atoms with Crippen LogP contribution in [0.4, 0.5) is 10.1 Å². The lowest BCUT2D eigenvalue weighted by molar-refractivity contribution is 0.0942. The zero-order valence-corrected chi connectivity index (χ0v) is 15.5. The molecule has 4 nitrogen and oxygen atoms in total. The SMILES string of the molecule is O=C(N[C@@H](c1ccc(CF)cc1)c1ccccn1)c1ccc2c(c1)NCCC2. The predicted octanol–water partition coefficient (Wildman–Crippen LogP) is 4.43. The van der Waals surface area contributed by atoms with Crippen LogP contribution in [0.25, 0.3) is 0 Å². The summed E-state index contributed by atoms with van der Waals surface area (Å²) in [6.07, 6.45) is 3.84. The molecule has 1 aliphatic heterocycles. The number of fused-ring (bicyclic) bond motifs is 1. The number of anilines is 1. The van der Waals surface area contributed by atoms with Gasteiger partial charge in [-0.2, -0.15) is 0 Å². The largest absolute Gasteiger partial charge is 0.385 e. The molecule has 5 heteroatoms. The van der Waals surface area contributed by atoms with E-state index in [1.54, 1.807) is 18.3 Å². The Hall–Kier alpha value is -3.21. The molecule has 0 bridgehead atoms. The second kappa shape index (κ2) is 8.21. The normalized spacial score (nSPS) is 13.9. The first-order valence-corrected chi connectivity index (χ1v) is 9.48. The molecular weight excluding hydrogens is 353 g/mol. The molecular formula is C23H22FN3O. The lowest BCUT2D eigenvalue weighted by Gasteiger charge is -2.21. The third-order valence-corrected chi connectivity index (χ3v) is 5.04. The van der Waals surface area contributed by atoms with Crippen molar-refractivity contribution in [2.45, 2.75) is 25.6 Å². The van der Waals surface area contributed by atoms with E-state index in [0.29, 0.717) is 11.1 Å². The molecule has 0 saturated heterocycles. The molecule has 0 saturated carbocycles. The van der Waals surface area contributed by atoms with Crippen LogP contribution in [-0.2, 0) is 13.1 Å². The first-order chi connectivity index (χ1) is 13.7. The summed E-state index contributed by atoms with van der Waals surface area (Å²) < 4.78 is 12.9. The van der Waals surface area contributed by atoms with Gasteiger partial charge in [0.05, 0.1) is 11.7 Å². The van der Waals surface area contributed by atoms with Crippen LogP contribution >= 0.6 is 0 Å². The lowest BCUT2D eigenvalue weighted by atomic mass is 9.99. The van der Waals surface area contributed by atoms with Gasteiger partial charge in [0.1, 0.15) is 6.67 Å². The summed E-state index contributed by atoms with van der Waals surface area (Å²) in [5, 5.41) is 6.45. The number of nitrogens with zero attached hydrogens (tertiary/aromatic N) is 1. The van der Waals surface area contributed by atoms with Crippen LogP contribution in [0, 0.1) is 0 Å². The van der Waals surface area contributed by atoms with E-state index in [2.05, 4.69) is 15.6 Å². The van der Waals surface area contributed by atoms with Crippen LogP contribution in [0.3, 0.4) is 0 Å². The van der Waals surface area contributed by atoms with Crippen molar-refractivity contribution in [3.8, 4) is 0 Å². The number of alkyl halides is 1. The molecule has 2 heterocycles. The van der Waals surface area contributed by atoms with Crippen molar-refractivity contribution in [1.82, 2.24) is 10.3 Å². The molecule has 1 atom stereocenters. The van der Waals surface area contributed by atoms with Crippen LogP contribution in [-0.4, -0.2) is 17.4 Å². The third kappa shape index (κ3) is 3.88. The second-order valence-electron chi connectivity index (χ2n) is 6.94. The Morgan fingerprint density at radius 1 is 1.14 bits per heavy atom. The topological polar surface area (TPSA) is 54.0 Å². The molecule has 3 aromatic rings. The predicted molar refractivity (Wildman–Crippen MR) is 108 cm³/mol. The van der Waals surface area contributed by atoms with Gasteiger partial charge in [-0.25, -0.2) is 4.39 Å². The maximum atomic E-state index is 13.0.